The molecule has 10 heteroatoms. The Labute approximate surface area is 188 Å². The molecule has 1 aliphatic heterocycles. The Morgan fingerprint density at radius 1 is 1.25 bits per heavy atom. The number of rotatable bonds is 7. The third-order valence-electron chi connectivity index (χ3n) is 5.00. The number of hydrogen-bond acceptors (Lipinski definition) is 5. The number of pyridine rings is 1. The molecule has 0 aliphatic carbocycles. The van der Waals surface area contributed by atoms with Crippen LogP contribution in [0.15, 0.2) is 48.7 Å². The second-order valence-corrected chi connectivity index (χ2v) is 7.60. The molecule has 2 heterocycles. The van der Waals surface area contributed by atoms with Crippen molar-refractivity contribution < 1.29 is 27.9 Å². The maximum absolute atomic E-state index is 14.5. The Hall–Kier alpha value is -3.33. The molecule has 1 unspecified atom stereocenters. The van der Waals surface area contributed by atoms with E-state index in [1.807, 2.05) is 0 Å². The van der Waals surface area contributed by atoms with Gasteiger partial charge in [-0.2, -0.15) is 0 Å². The van der Waals surface area contributed by atoms with Crippen molar-refractivity contribution in [2.24, 2.45) is 0 Å². The van der Waals surface area contributed by atoms with Crippen LogP contribution in [-0.4, -0.2) is 47.4 Å². The number of benzene rings is 1. The molecule has 0 radical (unpaired) electrons. The van der Waals surface area contributed by atoms with Crippen molar-refractivity contribution in [1.82, 2.24) is 9.88 Å². The smallest absolute Gasteiger partial charge is 0.305 e. The monoisotopic (exact) mass is 463 g/mol. The SMILES string of the molecule is C=C(CCC(=O)OC)C1C(=O)N(c2ncc(Cl)cc2F)CC(=O)N1Cc1ccc(F)cc1. The number of ether oxygens (including phenoxy) is 1. The van der Waals surface area contributed by atoms with E-state index in [2.05, 4.69) is 16.3 Å². The fourth-order valence-corrected chi connectivity index (χ4v) is 3.52. The molecule has 0 bridgehead atoms. The minimum absolute atomic E-state index is 0.00284. The van der Waals surface area contributed by atoms with Gasteiger partial charge in [-0.1, -0.05) is 30.3 Å². The molecule has 0 spiro atoms. The van der Waals surface area contributed by atoms with Gasteiger partial charge in [-0.15, -0.1) is 0 Å². The summed E-state index contributed by atoms with van der Waals surface area (Å²) in [6.45, 7) is 3.44. The van der Waals surface area contributed by atoms with Crippen molar-refractivity contribution in [3.8, 4) is 0 Å². The number of nitrogens with zero attached hydrogens (tertiary/aromatic N) is 3. The highest BCUT2D eigenvalue weighted by atomic mass is 35.5. The fourth-order valence-electron chi connectivity index (χ4n) is 3.38. The molecule has 1 atom stereocenters. The molecule has 1 aliphatic rings. The van der Waals surface area contributed by atoms with Gasteiger partial charge in [0, 0.05) is 19.2 Å². The van der Waals surface area contributed by atoms with Crippen LogP contribution in [0.1, 0.15) is 18.4 Å². The molecule has 32 heavy (non-hydrogen) atoms. The molecule has 0 saturated carbocycles. The number of piperazine rings is 1. The van der Waals surface area contributed by atoms with E-state index < -0.39 is 42.0 Å². The third kappa shape index (κ3) is 5.11. The molecule has 0 N–H and O–H groups in total. The first-order chi connectivity index (χ1) is 15.2. The molecule has 1 aromatic carbocycles. The minimum atomic E-state index is -1.18. The van der Waals surface area contributed by atoms with Crippen LogP contribution in [0.2, 0.25) is 5.02 Å². The molecule has 168 valence electrons. The number of esters is 1. The third-order valence-corrected chi connectivity index (χ3v) is 5.21. The van der Waals surface area contributed by atoms with Crippen LogP contribution in [0.5, 0.6) is 0 Å². The lowest BCUT2D eigenvalue weighted by atomic mass is 9.97. The lowest BCUT2D eigenvalue weighted by Gasteiger charge is -2.40. The van der Waals surface area contributed by atoms with Crippen LogP contribution in [0, 0.1) is 11.6 Å². The van der Waals surface area contributed by atoms with Crippen molar-refractivity contribution in [2.45, 2.75) is 25.4 Å². The van der Waals surface area contributed by atoms with Gasteiger partial charge in [-0.25, -0.2) is 13.8 Å². The molecule has 7 nitrogen and oxygen atoms in total. The molecule has 2 amide bonds. The zero-order chi connectivity index (χ0) is 23.4. The van der Waals surface area contributed by atoms with E-state index in [1.54, 1.807) is 0 Å². The lowest BCUT2D eigenvalue weighted by Crippen LogP contribution is -2.60. The number of carbonyl (C=O) groups is 3. The summed E-state index contributed by atoms with van der Waals surface area (Å²) in [4.78, 5) is 44.0. The summed E-state index contributed by atoms with van der Waals surface area (Å²) in [5.41, 5.74) is 0.859. The van der Waals surface area contributed by atoms with Crippen molar-refractivity contribution in [3.63, 3.8) is 0 Å². The summed E-state index contributed by atoms with van der Waals surface area (Å²) < 4.78 is 32.4. The Morgan fingerprint density at radius 2 is 1.94 bits per heavy atom. The summed E-state index contributed by atoms with van der Waals surface area (Å²) in [7, 11) is 1.23. The number of methoxy groups -OCH3 is 1. The van der Waals surface area contributed by atoms with Gasteiger partial charge in [-0.3, -0.25) is 19.3 Å². The molecule has 3 rings (SSSR count). The molecule has 1 aromatic heterocycles. The zero-order valence-electron chi connectivity index (χ0n) is 17.2. The average molecular weight is 464 g/mol. The fraction of sp³-hybridized carbons (Fsp3) is 0.273. The number of carbonyl (C=O) groups excluding carboxylic acids is 3. The number of amides is 2. The average Bonchev–Trinajstić information content (AvgIpc) is 2.76. The van der Waals surface area contributed by atoms with E-state index in [1.165, 1.54) is 42.5 Å². The van der Waals surface area contributed by atoms with Gasteiger partial charge < -0.3 is 9.64 Å². The Balaban J connectivity index is 1.94. The standard InChI is InChI=1S/C22H20ClF2N3O4/c1-13(3-8-19(30)32-2)20-22(31)28(21-17(25)9-15(23)10-26-21)12-18(29)27(20)11-14-4-6-16(24)7-5-14/h4-7,9-10,20H,1,3,8,11-12H2,2H3. The first kappa shape index (κ1) is 23.3. The quantitative estimate of drug-likeness (QED) is 0.465. The van der Waals surface area contributed by atoms with Gasteiger partial charge in [0.05, 0.1) is 12.1 Å². The second-order valence-electron chi connectivity index (χ2n) is 7.17. The number of aromatic nitrogens is 1. The maximum atomic E-state index is 14.5. The summed E-state index contributed by atoms with van der Waals surface area (Å²) in [5.74, 6) is -3.26. The van der Waals surface area contributed by atoms with Gasteiger partial charge >= 0.3 is 5.97 Å². The summed E-state index contributed by atoms with van der Waals surface area (Å²) in [5, 5.41) is 0.0407. The van der Waals surface area contributed by atoms with E-state index in [4.69, 9.17) is 11.6 Å². The normalized spacial score (nSPS) is 16.3. The number of halogens is 3. The van der Waals surface area contributed by atoms with Crippen molar-refractivity contribution in [1.29, 1.82) is 0 Å². The lowest BCUT2D eigenvalue weighted by molar-refractivity contribution is -0.142. The summed E-state index contributed by atoms with van der Waals surface area (Å²) in [6, 6.07) is 5.29. The highest BCUT2D eigenvalue weighted by Gasteiger charge is 2.42. The Kier molecular flexibility index (Phi) is 7.19. The van der Waals surface area contributed by atoms with Gasteiger partial charge in [0.2, 0.25) is 5.91 Å². The van der Waals surface area contributed by atoms with Crippen LogP contribution in [0.3, 0.4) is 0 Å². The van der Waals surface area contributed by atoms with Crippen molar-refractivity contribution in [3.05, 3.63) is 70.9 Å². The van der Waals surface area contributed by atoms with E-state index in [-0.39, 0.29) is 35.8 Å². The van der Waals surface area contributed by atoms with Crippen molar-refractivity contribution >= 4 is 35.2 Å². The largest absolute Gasteiger partial charge is 0.469 e. The van der Waals surface area contributed by atoms with Crippen LogP contribution in [0.25, 0.3) is 0 Å². The second kappa shape index (κ2) is 9.86. The van der Waals surface area contributed by atoms with E-state index in [9.17, 15) is 23.2 Å². The number of hydrogen-bond donors (Lipinski definition) is 0. The summed E-state index contributed by atoms with van der Waals surface area (Å²) in [6.07, 6.45) is 1.19. The molecular formula is C22H20ClF2N3O4. The van der Waals surface area contributed by atoms with Crippen LogP contribution >= 0.6 is 11.6 Å². The van der Waals surface area contributed by atoms with E-state index in [0.717, 1.165) is 11.0 Å². The maximum Gasteiger partial charge on any atom is 0.305 e. The van der Waals surface area contributed by atoms with E-state index in [0.29, 0.717) is 5.56 Å². The summed E-state index contributed by atoms with van der Waals surface area (Å²) >= 11 is 5.74. The number of anilines is 1. The zero-order valence-corrected chi connectivity index (χ0v) is 17.9. The van der Waals surface area contributed by atoms with Gasteiger partial charge in [-0.05, 0) is 35.8 Å². The van der Waals surface area contributed by atoms with Gasteiger partial charge in [0.25, 0.3) is 5.91 Å². The molecule has 1 saturated heterocycles. The van der Waals surface area contributed by atoms with Crippen LogP contribution < -0.4 is 4.90 Å². The first-order valence-corrected chi connectivity index (χ1v) is 10.00. The molecular weight excluding hydrogens is 444 g/mol. The first-order valence-electron chi connectivity index (χ1n) is 9.62. The Bertz CT molecular complexity index is 1060. The van der Waals surface area contributed by atoms with E-state index >= 15 is 0 Å². The molecule has 1 fully saturated rings. The van der Waals surface area contributed by atoms with Crippen molar-refractivity contribution in [2.75, 3.05) is 18.6 Å². The topological polar surface area (TPSA) is 79.8 Å². The predicted octanol–water partition coefficient (Wildman–Crippen LogP) is 3.27. The van der Waals surface area contributed by atoms with Gasteiger partial charge in [0.15, 0.2) is 11.6 Å². The highest BCUT2D eigenvalue weighted by Crippen LogP contribution is 2.28. The minimum Gasteiger partial charge on any atom is -0.469 e. The predicted molar refractivity (Wildman–Crippen MR) is 113 cm³/mol. The Morgan fingerprint density at radius 3 is 2.56 bits per heavy atom. The highest BCUT2D eigenvalue weighted by molar-refractivity contribution is 6.30. The van der Waals surface area contributed by atoms with Gasteiger partial charge in [0.1, 0.15) is 18.4 Å². The van der Waals surface area contributed by atoms with Crippen LogP contribution in [0.4, 0.5) is 14.6 Å². The van der Waals surface area contributed by atoms with Crippen LogP contribution in [-0.2, 0) is 25.7 Å². The molecule has 2 aromatic rings.